The number of hydrogen-bond acceptors (Lipinski definition) is 8. The van der Waals surface area contributed by atoms with E-state index in [1.165, 1.54) is 4.90 Å². The molecule has 0 bridgehead atoms. The Kier molecular flexibility index (Phi) is 6.02. The molecule has 30 heavy (non-hydrogen) atoms. The molecule has 1 aromatic carbocycles. The molecule has 0 saturated heterocycles. The molecule has 0 fully saturated rings. The number of phenols is 1. The van der Waals surface area contributed by atoms with Crippen molar-refractivity contribution in [3.05, 3.63) is 47.4 Å². The molecule has 0 aliphatic carbocycles. The number of benzene rings is 1. The fourth-order valence-electron chi connectivity index (χ4n) is 3.01. The van der Waals surface area contributed by atoms with E-state index in [0.29, 0.717) is 17.3 Å². The number of carbonyl (C=O) groups excluding carboxylic acids is 1. The molecule has 9 heteroatoms. The summed E-state index contributed by atoms with van der Waals surface area (Å²) in [4.78, 5) is 13.7. The predicted octanol–water partition coefficient (Wildman–Crippen LogP) is 4.79. The van der Waals surface area contributed by atoms with E-state index in [1.54, 1.807) is 38.6 Å². The zero-order chi connectivity index (χ0) is 22.1. The number of aryl methyl sites for hydroxylation is 1. The highest BCUT2D eigenvalue weighted by Gasteiger charge is 2.30. The highest BCUT2D eigenvalue weighted by molar-refractivity contribution is 6.99. The van der Waals surface area contributed by atoms with Gasteiger partial charge in [-0.05, 0) is 36.1 Å². The number of furan rings is 1. The molecular formula is C21H27N5O3S. The van der Waals surface area contributed by atoms with Crippen molar-refractivity contribution < 1.29 is 14.3 Å². The first kappa shape index (κ1) is 21.6. The average Bonchev–Trinajstić information content (AvgIpc) is 3.28. The fraction of sp³-hybridized carbons (Fsp3) is 0.381. The molecule has 3 N–H and O–H groups in total. The van der Waals surface area contributed by atoms with Crippen LogP contribution in [0.5, 0.6) is 5.75 Å². The summed E-state index contributed by atoms with van der Waals surface area (Å²) in [5.41, 5.74) is 1.47. The lowest BCUT2D eigenvalue weighted by molar-refractivity contribution is 0.0824. The molecule has 3 aromatic rings. The number of aromatic nitrogens is 2. The number of amides is 1. The topological polar surface area (TPSA) is 104 Å². The normalized spacial score (nSPS) is 12.5. The molecule has 1 amide bonds. The molecule has 0 aliphatic rings. The number of phenolic OH excluding ortho intramolecular Hbond substituents is 1. The van der Waals surface area contributed by atoms with E-state index in [9.17, 15) is 9.90 Å². The maximum absolute atomic E-state index is 12.3. The maximum Gasteiger partial charge on any atom is 0.257 e. The van der Waals surface area contributed by atoms with Crippen LogP contribution >= 0.6 is 11.7 Å². The third kappa shape index (κ3) is 4.56. The highest BCUT2D eigenvalue weighted by atomic mass is 32.1. The van der Waals surface area contributed by atoms with Gasteiger partial charge in [0.1, 0.15) is 5.76 Å². The Bertz CT molecular complexity index is 1040. The van der Waals surface area contributed by atoms with E-state index in [1.807, 2.05) is 13.0 Å². The summed E-state index contributed by atoms with van der Waals surface area (Å²) in [6.45, 7) is 8.31. The summed E-state index contributed by atoms with van der Waals surface area (Å²) in [6, 6.07) is 6.82. The van der Waals surface area contributed by atoms with Crippen LogP contribution in [0.4, 0.5) is 17.3 Å². The van der Waals surface area contributed by atoms with Gasteiger partial charge in [-0.2, -0.15) is 8.75 Å². The number of carbonyl (C=O) groups is 1. The average molecular weight is 430 g/mol. The first-order valence-corrected chi connectivity index (χ1v) is 10.3. The van der Waals surface area contributed by atoms with Gasteiger partial charge >= 0.3 is 0 Å². The first-order valence-electron chi connectivity index (χ1n) is 9.52. The zero-order valence-electron chi connectivity index (χ0n) is 18.0. The van der Waals surface area contributed by atoms with Gasteiger partial charge in [-0.1, -0.05) is 26.8 Å². The molecule has 0 spiro atoms. The van der Waals surface area contributed by atoms with E-state index in [0.717, 1.165) is 23.1 Å². The number of nitrogens with one attached hydrogen (secondary N) is 2. The molecule has 1 atom stereocenters. The largest absolute Gasteiger partial charge is 0.505 e. The van der Waals surface area contributed by atoms with Gasteiger partial charge in [0.2, 0.25) is 0 Å². The molecule has 0 radical (unpaired) electrons. The van der Waals surface area contributed by atoms with Gasteiger partial charge in [0, 0.05) is 14.1 Å². The Balaban J connectivity index is 1.89. The summed E-state index contributed by atoms with van der Waals surface area (Å²) in [6.07, 6.45) is 1.72. The lowest BCUT2D eigenvalue weighted by Crippen LogP contribution is -2.25. The number of hydrogen-bond donors (Lipinski definition) is 3. The predicted molar refractivity (Wildman–Crippen MR) is 119 cm³/mol. The van der Waals surface area contributed by atoms with Crippen LogP contribution in [0.25, 0.3) is 0 Å². The third-order valence-electron chi connectivity index (χ3n) is 4.60. The Morgan fingerprint density at radius 3 is 2.53 bits per heavy atom. The van der Waals surface area contributed by atoms with Crippen molar-refractivity contribution in [2.24, 2.45) is 5.41 Å². The van der Waals surface area contributed by atoms with E-state index in [-0.39, 0.29) is 28.7 Å². The van der Waals surface area contributed by atoms with Crippen LogP contribution in [0.2, 0.25) is 0 Å². The zero-order valence-corrected chi connectivity index (χ0v) is 18.8. The third-order valence-corrected chi connectivity index (χ3v) is 5.13. The van der Waals surface area contributed by atoms with Crippen molar-refractivity contribution in [1.82, 2.24) is 13.6 Å². The Labute approximate surface area is 180 Å². The number of anilines is 3. The molecule has 3 rings (SSSR count). The molecule has 0 unspecified atom stereocenters. The number of rotatable bonds is 6. The van der Waals surface area contributed by atoms with Gasteiger partial charge in [-0.3, -0.25) is 4.79 Å². The minimum absolute atomic E-state index is 0.135. The van der Waals surface area contributed by atoms with E-state index >= 15 is 0 Å². The second-order valence-corrected chi connectivity index (χ2v) is 8.99. The summed E-state index contributed by atoms with van der Waals surface area (Å²) in [5.74, 6) is 1.39. The first-order chi connectivity index (χ1) is 14.1. The summed E-state index contributed by atoms with van der Waals surface area (Å²) in [5, 5.41) is 17.1. The van der Waals surface area contributed by atoms with Crippen LogP contribution in [-0.4, -0.2) is 38.8 Å². The van der Waals surface area contributed by atoms with Gasteiger partial charge in [0.15, 0.2) is 17.4 Å². The Morgan fingerprint density at radius 2 is 1.93 bits per heavy atom. The van der Waals surface area contributed by atoms with Crippen molar-refractivity contribution in [3.8, 4) is 5.75 Å². The molecule has 8 nitrogen and oxygen atoms in total. The van der Waals surface area contributed by atoms with Crippen molar-refractivity contribution in [2.45, 2.75) is 33.7 Å². The second-order valence-electron chi connectivity index (χ2n) is 8.46. The van der Waals surface area contributed by atoms with Crippen molar-refractivity contribution in [3.63, 3.8) is 0 Å². The van der Waals surface area contributed by atoms with Crippen molar-refractivity contribution in [1.29, 1.82) is 0 Å². The van der Waals surface area contributed by atoms with Crippen LogP contribution < -0.4 is 10.6 Å². The quantitative estimate of drug-likeness (QED) is 0.484. The number of aromatic hydroxyl groups is 1. The summed E-state index contributed by atoms with van der Waals surface area (Å²) >= 11 is 1.05. The fourth-order valence-corrected chi connectivity index (χ4v) is 3.48. The van der Waals surface area contributed by atoms with Gasteiger partial charge in [-0.15, -0.1) is 0 Å². The molecule has 160 valence electrons. The Hall–Kier alpha value is -3.07. The van der Waals surface area contributed by atoms with E-state index in [4.69, 9.17) is 4.42 Å². The van der Waals surface area contributed by atoms with E-state index in [2.05, 4.69) is 40.2 Å². The van der Waals surface area contributed by atoms with Crippen molar-refractivity contribution in [2.75, 3.05) is 24.7 Å². The lowest BCUT2D eigenvalue weighted by atomic mass is 9.85. The van der Waals surface area contributed by atoms with Gasteiger partial charge < -0.3 is 25.1 Å². The second kappa shape index (κ2) is 8.35. The molecule has 2 aromatic heterocycles. The number of para-hydroxylation sites is 1. The lowest BCUT2D eigenvalue weighted by Gasteiger charge is -2.30. The molecule has 2 heterocycles. The highest BCUT2D eigenvalue weighted by Crippen LogP contribution is 2.39. The molecule has 0 aliphatic heterocycles. The van der Waals surface area contributed by atoms with Crippen LogP contribution in [0.15, 0.2) is 34.9 Å². The van der Waals surface area contributed by atoms with Crippen molar-refractivity contribution >= 4 is 35.0 Å². The Morgan fingerprint density at radius 1 is 1.23 bits per heavy atom. The summed E-state index contributed by atoms with van der Waals surface area (Å²) in [7, 11) is 3.27. The molecule has 0 saturated carbocycles. The van der Waals surface area contributed by atoms with Gasteiger partial charge in [-0.25, -0.2) is 0 Å². The molecular weight excluding hydrogens is 402 g/mol. The van der Waals surface area contributed by atoms with Crippen LogP contribution in [0, 0.1) is 12.3 Å². The maximum atomic E-state index is 12.3. The standard InChI is InChI=1S/C21H27N5O3S/c1-12-10-15(29-11-12)17(21(2,3)4)23-19-18(24-30-25-19)22-14-9-7-8-13(16(14)27)20(28)26(5)6/h7-11,17,27H,1-6H3,(H,22,24)(H,23,25)/t17-/m0/s1. The van der Waals surface area contributed by atoms with Gasteiger partial charge in [0.25, 0.3) is 5.91 Å². The van der Waals surface area contributed by atoms with Gasteiger partial charge in [0.05, 0.1) is 35.3 Å². The monoisotopic (exact) mass is 429 g/mol. The smallest absolute Gasteiger partial charge is 0.257 e. The van der Waals surface area contributed by atoms with Crippen LogP contribution in [0.1, 0.15) is 48.5 Å². The SMILES string of the molecule is Cc1coc([C@H](Nc2nsnc2Nc2cccc(C(=O)N(C)C)c2O)C(C)(C)C)c1. The minimum Gasteiger partial charge on any atom is -0.505 e. The summed E-state index contributed by atoms with van der Waals surface area (Å²) < 4.78 is 14.4. The minimum atomic E-state index is -0.285. The number of nitrogens with zero attached hydrogens (tertiary/aromatic N) is 3. The van der Waals surface area contributed by atoms with E-state index < -0.39 is 0 Å². The van der Waals surface area contributed by atoms with Crippen LogP contribution in [-0.2, 0) is 0 Å². The van der Waals surface area contributed by atoms with Crippen LogP contribution in [0.3, 0.4) is 0 Å².